The zero-order chi connectivity index (χ0) is 13.5. The Balaban J connectivity index is 4.24. The summed E-state index contributed by atoms with van der Waals surface area (Å²) < 4.78 is 60.2. The van der Waals surface area contributed by atoms with E-state index in [0.717, 1.165) is 0 Å². The normalized spacial score (nSPS) is 13.3. The Hall–Kier alpha value is -0.0100. The summed E-state index contributed by atoms with van der Waals surface area (Å²) in [6.45, 7) is 2.16. The summed E-state index contributed by atoms with van der Waals surface area (Å²) in [5.74, 6) is -0.142. The number of halogens is 4. The molecule has 0 radical (unpaired) electrons. The zero-order valence-electron chi connectivity index (χ0n) is 9.63. The van der Waals surface area contributed by atoms with Gasteiger partial charge < -0.3 is 0 Å². The highest BCUT2D eigenvalue weighted by Gasteiger charge is 2.28. The van der Waals surface area contributed by atoms with Gasteiger partial charge in [-0.05, 0) is 12.8 Å². The quantitative estimate of drug-likeness (QED) is 0.646. The second-order valence-corrected chi connectivity index (χ2v) is 6.04. The molecule has 0 atom stereocenters. The highest BCUT2D eigenvalue weighted by atomic mass is 35.5. The molecular weight excluding hydrogens is 279 g/mol. The second-order valence-electron chi connectivity index (χ2n) is 3.57. The number of rotatable bonds is 8. The maximum absolute atomic E-state index is 11.9. The fraction of sp³-hybridized carbons (Fsp3) is 1.00. The van der Waals surface area contributed by atoms with Gasteiger partial charge in [0.25, 0.3) is 0 Å². The lowest BCUT2D eigenvalue weighted by molar-refractivity contribution is -0.134. The minimum Gasteiger partial charge on any atom is -0.212 e. The van der Waals surface area contributed by atoms with Crippen molar-refractivity contribution in [3.05, 3.63) is 0 Å². The van der Waals surface area contributed by atoms with Crippen LogP contribution in [-0.4, -0.2) is 43.6 Å². The van der Waals surface area contributed by atoms with E-state index in [4.69, 9.17) is 11.6 Å². The monoisotopic (exact) mass is 295 g/mol. The number of hydrogen-bond donors (Lipinski definition) is 0. The average Bonchev–Trinajstić information content (AvgIpc) is 2.16. The minimum absolute atomic E-state index is 0.255. The number of alkyl halides is 4. The van der Waals surface area contributed by atoms with Crippen LogP contribution in [0.15, 0.2) is 0 Å². The summed E-state index contributed by atoms with van der Waals surface area (Å²) in [6, 6.07) is 0. The Bertz CT molecular complexity index is 306. The first-order valence-corrected chi connectivity index (χ1v) is 7.48. The molecule has 0 heterocycles. The molecule has 0 unspecified atom stereocenters. The van der Waals surface area contributed by atoms with Crippen LogP contribution in [0.25, 0.3) is 0 Å². The molecule has 0 aromatic heterocycles. The van der Waals surface area contributed by atoms with E-state index in [0.29, 0.717) is 12.3 Å². The van der Waals surface area contributed by atoms with Crippen LogP contribution in [0.5, 0.6) is 0 Å². The Morgan fingerprint density at radius 2 is 1.82 bits per heavy atom. The van der Waals surface area contributed by atoms with Crippen molar-refractivity contribution in [1.82, 2.24) is 4.31 Å². The molecule has 0 aliphatic carbocycles. The molecule has 104 valence electrons. The zero-order valence-corrected chi connectivity index (χ0v) is 11.2. The first kappa shape index (κ1) is 17.0. The topological polar surface area (TPSA) is 37.4 Å². The highest BCUT2D eigenvalue weighted by molar-refractivity contribution is 7.89. The summed E-state index contributed by atoms with van der Waals surface area (Å²) >= 11 is 5.45. The average molecular weight is 296 g/mol. The van der Waals surface area contributed by atoms with Gasteiger partial charge in [-0.15, -0.1) is 11.6 Å². The Labute approximate surface area is 105 Å². The van der Waals surface area contributed by atoms with Gasteiger partial charge in [0.05, 0.1) is 5.75 Å². The lowest BCUT2D eigenvalue weighted by atomic mass is 10.3. The Kier molecular flexibility index (Phi) is 7.43. The van der Waals surface area contributed by atoms with Crippen LogP contribution in [0, 0.1) is 0 Å². The fourth-order valence-corrected chi connectivity index (χ4v) is 3.00. The lowest BCUT2D eigenvalue weighted by Gasteiger charge is -2.20. The van der Waals surface area contributed by atoms with Crippen LogP contribution in [0.2, 0.25) is 0 Å². The minimum atomic E-state index is -4.30. The van der Waals surface area contributed by atoms with Gasteiger partial charge in [0.15, 0.2) is 0 Å². The summed E-state index contributed by atoms with van der Waals surface area (Å²) in [5.41, 5.74) is 0. The van der Waals surface area contributed by atoms with Crippen molar-refractivity contribution in [1.29, 1.82) is 0 Å². The van der Waals surface area contributed by atoms with Crippen LogP contribution in [-0.2, 0) is 10.0 Å². The van der Waals surface area contributed by atoms with Gasteiger partial charge in [-0.25, -0.2) is 12.7 Å². The predicted octanol–water partition coefficient (Wildman–Crippen LogP) is 2.61. The fourth-order valence-electron chi connectivity index (χ4n) is 1.31. The molecule has 0 bridgehead atoms. The van der Waals surface area contributed by atoms with E-state index < -0.39 is 34.8 Å². The van der Waals surface area contributed by atoms with Crippen molar-refractivity contribution in [2.75, 3.05) is 24.7 Å². The van der Waals surface area contributed by atoms with Crippen molar-refractivity contribution < 1.29 is 21.6 Å². The van der Waals surface area contributed by atoms with Crippen molar-refractivity contribution >= 4 is 21.6 Å². The Morgan fingerprint density at radius 1 is 1.24 bits per heavy atom. The molecule has 0 rings (SSSR count). The molecular formula is C9H17ClF3NO2S. The third kappa shape index (κ3) is 7.83. The standard InChI is InChI=1S/C9H17ClF3NO2S/c1-2-14(7-4-6-10)17(15,16)8-3-5-9(11,12)13/h2-8H2,1H3. The largest absolute Gasteiger partial charge is 0.389 e. The van der Waals surface area contributed by atoms with E-state index in [1.807, 2.05) is 0 Å². The Morgan fingerprint density at radius 3 is 2.24 bits per heavy atom. The summed E-state index contributed by atoms with van der Waals surface area (Å²) in [4.78, 5) is 0. The molecule has 0 aliphatic heterocycles. The van der Waals surface area contributed by atoms with Gasteiger partial charge in [-0.2, -0.15) is 13.2 Å². The van der Waals surface area contributed by atoms with Gasteiger partial charge in [-0.3, -0.25) is 0 Å². The van der Waals surface area contributed by atoms with E-state index in [1.165, 1.54) is 4.31 Å². The van der Waals surface area contributed by atoms with Crippen molar-refractivity contribution in [3.8, 4) is 0 Å². The third-order valence-electron chi connectivity index (χ3n) is 2.15. The predicted molar refractivity (Wildman–Crippen MR) is 61.7 cm³/mol. The lowest BCUT2D eigenvalue weighted by Crippen LogP contribution is -2.34. The van der Waals surface area contributed by atoms with Crippen LogP contribution in [0.3, 0.4) is 0 Å². The van der Waals surface area contributed by atoms with Crippen molar-refractivity contribution in [2.45, 2.75) is 32.4 Å². The summed E-state index contributed by atoms with van der Waals surface area (Å²) in [7, 11) is -3.59. The molecule has 0 spiro atoms. The maximum Gasteiger partial charge on any atom is 0.389 e. The molecule has 0 fully saturated rings. The number of nitrogens with zero attached hydrogens (tertiary/aromatic N) is 1. The SMILES string of the molecule is CCN(CCCCl)S(=O)(=O)CCCC(F)(F)F. The molecule has 0 saturated heterocycles. The molecule has 17 heavy (non-hydrogen) atoms. The summed E-state index contributed by atoms with van der Waals surface area (Å²) in [6.07, 6.45) is -5.28. The van der Waals surface area contributed by atoms with Gasteiger partial charge in [0, 0.05) is 25.4 Å². The molecule has 0 aromatic rings. The van der Waals surface area contributed by atoms with Crippen LogP contribution < -0.4 is 0 Å². The summed E-state index contributed by atoms with van der Waals surface area (Å²) in [5, 5.41) is 0. The molecule has 0 aliphatic rings. The molecule has 0 saturated carbocycles. The molecule has 3 nitrogen and oxygen atoms in total. The van der Waals surface area contributed by atoms with Crippen LogP contribution in [0.4, 0.5) is 13.2 Å². The maximum atomic E-state index is 11.9. The van der Waals surface area contributed by atoms with Gasteiger partial charge >= 0.3 is 6.18 Å². The van der Waals surface area contributed by atoms with Crippen molar-refractivity contribution in [3.63, 3.8) is 0 Å². The van der Waals surface area contributed by atoms with Gasteiger partial charge in [-0.1, -0.05) is 6.92 Å². The molecule has 0 N–H and O–H groups in total. The van der Waals surface area contributed by atoms with Gasteiger partial charge in [0.1, 0.15) is 0 Å². The number of sulfonamides is 1. The first-order valence-electron chi connectivity index (χ1n) is 5.33. The smallest absolute Gasteiger partial charge is 0.212 e. The van der Waals surface area contributed by atoms with E-state index >= 15 is 0 Å². The third-order valence-corrected chi connectivity index (χ3v) is 4.45. The molecule has 0 amide bonds. The highest BCUT2D eigenvalue weighted by Crippen LogP contribution is 2.22. The van der Waals surface area contributed by atoms with Crippen molar-refractivity contribution in [2.24, 2.45) is 0 Å². The first-order chi connectivity index (χ1) is 7.73. The van der Waals surface area contributed by atoms with E-state index in [2.05, 4.69) is 0 Å². The molecule has 8 heteroatoms. The van der Waals surface area contributed by atoms with Gasteiger partial charge in [0.2, 0.25) is 10.0 Å². The molecule has 0 aromatic carbocycles. The van der Waals surface area contributed by atoms with E-state index in [-0.39, 0.29) is 13.1 Å². The second kappa shape index (κ2) is 7.43. The van der Waals surface area contributed by atoms with Crippen LogP contribution in [0.1, 0.15) is 26.2 Å². The van der Waals surface area contributed by atoms with E-state index in [1.54, 1.807) is 6.92 Å². The number of hydrogen-bond acceptors (Lipinski definition) is 2. The van der Waals surface area contributed by atoms with Crippen LogP contribution >= 0.6 is 11.6 Å². The van der Waals surface area contributed by atoms with E-state index in [9.17, 15) is 21.6 Å².